The Kier molecular flexibility index (Phi) is 4.94. The molecule has 2 aromatic carbocycles. The summed E-state index contributed by atoms with van der Waals surface area (Å²) < 4.78 is 43.3. The number of hydrogen-bond acceptors (Lipinski definition) is 4. The predicted molar refractivity (Wildman–Crippen MR) is 89.2 cm³/mol. The Morgan fingerprint density at radius 1 is 1.19 bits per heavy atom. The number of carbonyl (C=O) groups is 1. The molecule has 0 radical (unpaired) electrons. The molecule has 5 nitrogen and oxygen atoms in total. The number of nitrogens with zero attached hydrogens (tertiary/aromatic N) is 1. The SMILES string of the molecule is O=C(Nc1ccccc1C1=NCC(CO)O1)c1ccc(C(F)(F)F)cc1. The maximum Gasteiger partial charge on any atom is 0.416 e. The average molecular weight is 364 g/mol. The number of aliphatic imine (C=N–C) groups is 1. The molecule has 0 saturated carbocycles. The fraction of sp³-hybridized carbons (Fsp3) is 0.222. The van der Waals surface area contributed by atoms with Crippen LogP contribution in [-0.4, -0.2) is 36.2 Å². The van der Waals surface area contributed by atoms with Gasteiger partial charge in [-0.15, -0.1) is 0 Å². The molecule has 3 rings (SSSR count). The van der Waals surface area contributed by atoms with E-state index in [1.165, 1.54) is 0 Å². The van der Waals surface area contributed by atoms with E-state index in [2.05, 4.69) is 10.3 Å². The van der Waals surface area contributed by atoms with E-state index < -0.39 is 23.8 Å². The summed E-state index contributed by atoms with van der Waals surface area (Å²) in [6.07, 6.45) is -4.88. The molecule has 1 unspecified atom stereocenters. The van der Waals surface area contributed by atoms with Crippen molar-refractivity contribution in [2.24, 2.45) is 4.99 Å². The van der Waals surface area contributed by atoms with Crippen molar-refractivity contribution in [2.45, 2.75) is 12.3 Å². The Hall–Kier alpha value is -2.87. The van der Waals surface area contributed by atoms with Gasteiger partial charge in [-0.25, -0.2) is 4.99 Å². The minimum atomic E-state index is -4.46. The molecule has 0 fully saturated rings. The molecule has 1 aliphatic heterocycles. The Labute approximate surface area is 147 Å². The van der Waals surface area contributed by atoms with Crippen LogP contribution in [0.3, 0.4) is 0 Å². The monoisotopic (exact) mass is 364 g/mol. The zero-order chi connectivity index (χ0) is 18.7. The number of hydrogen-bond donors (Lipinski definition) is 2. The number of aliphatic hydroxyl groups excluding tert-OH is 1. The number of rotatable bonds is 4. The summed E-state index contributed by atoms with van der Waals surface area (Å²) >= 11 is 0. The third kappa shape index (κ3) is 3.85. The van der Waals surface area contributed by atoms with Crippen LogP contribution in [0.2, 0.25) is 0 Å². The highest BCUT2D eigenvalue weighted by molar-refractivity contribution is 6.09. The first-order chi connectivity index (χ1) is 12.4. The molecule has 8 heteroatoms. The van der Waals surface area contributed by atoms with E-state index in [0.717, 1.165) is 24.3 Å². The molecule has 0 aromatic heterocycles. The molecule has 1 heterocycles. The number of anilines is 1. The zero-order valence-corrected chi connectivity index (χ0v) is 13.5. The number of nitrogens with one attached hydrogen (secondary N) is 1. The number of ether oxygens (including phenoxy) is 1. The quantitative estimate of drug-likeness (QED) is 0.876. The molecule has 26 heavy (non-hydrogen) atoms. The standard InChI is InChI=1S/C18H15F3N2O3/c19-18(20,21)12-7-5-11(6-8-12)16(25)23-15-4-2-1-3-14(15)17-22-9-13(10-24)26-17/h1-8,13,24H,9-10H2,(H,23,25). The first-order valence-corrected chi connectivity index (χ1v) is 7.78. The fourth-order valence-corrected chi connectivity index (χ4v) is 2.44. The minimum Gasteiger partial charge on any atom is -0.470 e. The van der Waals surface area contributed by atoms with Crippen LogP contribution in [0.25, 0.3) is 0 Å². The molecule has 1 amide bonds. The van der Waals surface area contributed by atoms with Crippen molar-refractivity contribution in [1.82, 2.24) is 0 Å². The second-order valence-corrected chi connectivity index (χ2v) is 5.64. The zero-order valence-electron chi connectivity index (χ0n) is 13.5. The van der Waals surface area contributed by atoms with Crippen LogP contribution in [0.1, 0.15) is 21.5 Å². The maximum absolute atomic E-state index is 12.6. The largest absolute Gasteiger partial charge is 0.470 e. The second kappa shape index (κ2) is 7.17. The predicted octanol–water partition coefficient (Wildman–Crippen LogP) is 3.10. The van der Waals surface area contributed by atoms with Crippen LogP contribution in [0.15, 0.2) is 53.5 Å². The van der Waals surface area contributed by atoms with E-state index in [-0.39, 0.29) is 12.2 Å². The van der Waals surface area contributed by atoms with Crippen molar-refractivity contribution in [3.05, 3.63) is 65.2 Å². The number of benzene rings is 2. The first kappa shape index (κ1) is 17.9. The van der Waals surface area contributed by atoms with Gasteiger partial charge in [0.25, 0.3) is 5.91 Å². The highest BCUT2D eigenvalue weighted by atomic mass is 19.4. The van der Waals surface area contributed by atoms with Crippen molar-refractivity contribution < 1.29 is 27.8 Å². The summed E-state index contributed by atoms with van der Waals surface area (Å²) in [4.78, 5) is 16.5. The van der Waals surface area contributed by atoms with E-state index in [4.69, 9.17) is 9.84 Å². The van der Waals surface area contributed by atoms with Crippen LogP contribution in [0.5, 0.6) is 0 Å². The van der Waals surface area contributed by atoms with Crippen LogP contribution >= 0.6 is 0 Å². The topological polar surface area (TPSA) is 70.9 Å². The van der Waals surface area contributed by atoms with Gasteiger partial charge < -0.3 is 15.2 Å². The molecular formula is C18H15F3N2O3. The molecule has 0 bridgehead atoms. The number of alkyl halides is 3. The van der Waals surface area contributed by atoms with Crippen LogP contribution in [-0.2, 0) is 10.9 Å². The van der Waals surface area contributed by atoms with E-state index in [1.807, 2.05) is 0 Å². The third-order valence-electron chi connectivity index (χ3n) is 3.80. The first-order valence-electron chi connectivity index (χ1n) is 7.78. The lowest BCUT2D eigenvalue weighted by molar-refractivity contribution is -0.137. The highest BCUT2D eigenvalue weighted by Gasteiger charge is 2.30. The molecule has 0 saturated heterocycles. The number of carbonyl (C=O) groups excluding carboxylic acids is 1. The molecule has 1 atom stereocenters. The Morgan fingerprint density at radius 3 is 2.50 bits per heavy atom. The van der Waals surface area contributed by atoms with Crippen molar-refractivity contribution in [2.75, 3.05) is 18.5 Å². The van der Waals surface area contributed by atoms with Gasteiger partial charge in [0.05, 0.1) is 30.0 Å². The van der Waals surface area contributed by atoms with Gasteiger partial charge in [-0.05, 0) is 36.4 Å². The summed E-state index contributed by atoms with van der Waals surface area (Å²) in [6.45, 7) is 0.139. The number of amides is 1. The molecule has 0 spiro atoms. The van der Waals surface area contributed by atoms with E-state index in [9.17, 15) is 18.0 Å². The summed E-state index contributed by atoms with van der Waals surface area (Å²) in [7, 11) is 0. The number of para-hydroxylation sites is 1. The summed E-state index contributed by atoms with van der Waals surface area (Å²) in [5.74, 6) is -0.254. The highest BCUT2D eigenvalue weighted by Crippen LogP contribution is 2.29. The van der Waals surface area contributed by atoms with Gasteiger partial charge >= 0.3 is 6.18 Å². The van der Waals surface area contributed by atoms with Crippen LogP contribution < -0.4 is 5.32 Å². The number of halogens is 3. The van der Waals surface area contributed by atoms with Gasteiger partial charge in [-0.1, -0.05) is 12.1 Å². The van der Waals surface area contributed by atoms with Gasteiger partial charge in [0.1, 0.15) is 6.10 Å². The van der Waals surface area contributed by atoms with Gasteiger partial charge in [-0.2, -0.15) is 13.2 Å². The normalized spacial score (nSPS) is 16.8. The molecule has 2 N–H and O–H groups in total. The van der Waals surface area contributed by atoms with Crippen molar-refractivity contribution in [1.29, 1.82) is 0 Å². The minimum absolute atomic E-state index is 0.0929. The van der Waals surface area contributed by atoms with E-state index in [0.29, 0.717) is 23.7 Å². The number of aliphatic hydroxyl groups is 1. The van der Waals surface area contributed by atoms with Gasteiger partial charge in [0.2, 0.25) is 5.90 Å². The molecular weight excluding hydrogens is 349 g/mol. The Bertz CT molecular complexity index is 832. The van der Waals surface area contributed by atoms with Gasteiger partial charge in [0.15, 0.2) is 0 Å². The second-order valence-electron chi connectivity index (χ2n) is 5.64. The fourth-order valence-electron chi connectivity index (χ4n) is 2.44. The molecule has 2 aromatic rings. The third-order valence-corrected chi connectivity index (χ3v) is 3.80. The lowest BCUT2D eigenvalue weighted by Crippen LogP contribution is -2.19. The lowest BCUT2D eigenvalue weighted by Gasteiger charge is -2.13. The van der Waals surface area contributed by atoms with Gasteiger partial charge in [-0.3, -0.25) is 4.79 Å². The summed E-state index contributed by atoms with van der Waals surface area (Å²) in [6, 6.07) is 10.7. The molecule has 136 valence electrons. The van der Waals surface area contributed by atoms with E-state index >= 15 is 0 Å². The van der Waals surface area contributed by atoms with Crippen molar-refractivity contribution >= 4 is 17.5 Å². The summed E-state index contributed by atoms with van der Waals surface area (Å²) in [5, 5.41) is 11.8. The Balaban J connectivity index is 1.78. The Morgan fingerprint density at radius 2 is 1.88 bits per heavy atom. The van der Waals surface area contributed by atoms with Crippen molar-refractivity contribution in [3.63, 3.8) is 0 Å². The smallest absolute Gasteiger partial charge is 0.416 e. The lowest BCUT2D eigenvalue weighted by atomic mass is 10.1. The molecule has 0 aliphatic carbocycles. The average Bonchev–Trinajstić information content (AvgIpc) is 3.10. The summed E-state index contributed by atoms with van der Waals surface area (Å²) in [5.41, 5.74) is 0.215. The van der Waals surface area contributed by atoms with E-state index in [1.54, 1.807) is 24.3 Å². The van der Waals surface area contributed by atoms with Gasteiger partial charge in [0, 0.05) is 5.56 Å². The van der Waals surface area contributed by atoms with Crippen LogP contribution in [0.4, 0.5) is 18.9 Å². The maximum atomic E-state index is 12.6. The van der Waals surface area contributed by atoms with Crippen molar-refractivity contribution in [3.8, 4) is 0 Å². The molecule has 1 aliphatic rings. The van der Waals surface area contributed by atoms with Crippen LogP contribution in [0, 0.1) is 0 Å².